The number of fused-ring (bicyclic) bond motifs is 7. The minimum absolute atomic E-state index is 0. The molecule has 0 nitrogen and oxygen atoms in total. The summed E-state index contributed by atoms with van der Waals surface area (Å²) in [7, 11) is 0. The molecule has 0 aromatic heterocycles. The fourth-order valence-corrected chi connectivity index (χ4v) is 9.75. The predicted octanol–water partition coefficient (Wildman–Crippen LogP) is 5.09. The first-order valence-electron chi connectivity index (χ1n) is 16.7. The van der Waals surface area contributed by atoms with Gasteiger partial charge in [0.05, 0.1) is 0 Å². The van der Waals surface area contributed by atoms with Gasteiger partial charge in [-0.1, -0.05) is 75.1 Å². The van der Waals surface area contributed by atoms with Crippen LogP contribution in [0.3, 0.4) is 0 Å². The minimum atomic E-state index is -0.541. The monoisotopic (exact) mass is 858 g/mol. The van der Waals surface area contributed by atoms with Gasteiger partial charge in [-0.3, -0.25) is 0 Å². The maximum absolute atomic E-state index is 6.67. The third-order valence-corrected chi connectivity index (χ3v) is 14.6. The van der Waals surface area contributed by atoms with E-state index in [1.807, 2.05) is 66.8 Å². The van der Waals surface area contributed by atoms with E-state index in [2.05, 4.69) is 72.3 Å². The Balaban J connectivity index is 0.000000198. The molecule has 0 fully saturated rings. The Morgan fingerprint density at radius 2 is 1.38 bits per heavy atom. The van der Waals surface area contributed by atoms with Crippen molar-refractivity contribution in [2.45, 2.75) is 82.4 Å². The summed E-state index contributed by atoms with van der Waals surface area (Å²) < 4.78 is 1.08. The smallest absolute Gasteiger partial charge is 0.172 e. The van der Waals surface area contributed by atoms with Crippen LogP contribution in [0.2, 0.25) is 0 Å². The molecule has 2 aromatic rings. The predicted molar refractivity (Wildman–Crippen MR) is 208 cm³/mol. The summed E-state index contributed by atoms with van der Waals surface area (Å²) >= 11 is 26.4. The second-order valence-electron chi connectivity index (χ2n) is 15.0. The molecule has 0 amide bonds. The molecule has 0 spiro atoms. The maximum Gasteiger partial charge on any atom is -0.172 e. The van der Waals surface area contributed by atoms with Gasteiger partial charge in [0, 0.05) is 0 Å². The van der Waals surface area contributed by atoms with Gasteiger partial charge < -0.3 is 24.8 Å². The van der Waals surface area contributed by atoms with Gasteiger partial charge in [0.25, 0.3) is 0 Å². The van der Waals surface area contributed by atoms with Gasteiger partial charge in [0.15, 0.2) is 0 Å². The van der Waals surface area contributed by atoms with Crippen molar-refractivity contribution in [2.24, 2.45) is 5.41 Å². The van der Waals surface area contributed by atoms with Crippen LogP contribution in [-0.2, 0) is 36.1 Å². The Kier molecular flexibility index (Phi) is 13.0. The van der Waals surface area contributed by atoms with E-state index in [0.717, 1.165) is 26.1 Å². The van der Waals surface area contributed by atoms with E-state index < -0.39 is 9.75 Å². The first-order chi connectivity index (χ1) is 22.6. The zero-order chi connectivity index (χ0) is 34.6. The summed E-state index contributed by atoms with van der Waals surface area (Å²) in [6.07, 6.45) is 27.0. The fraction of sp³-hybridized carbons (Fsp3) is 0.326. The quantitative estimate of drug-likeness (QED) is 0.292. The Morgan fingerprint density at radius 3 is 1.88 bits per heavy atom. The van der Waals surface area contributed by atoms with Gasteiger partial charge >= 0.3 is 143 Å². The number of hydrogen-bond donors (Lipinski definition) is 0. The first-order valence-corrected chi connectivity index (χ1v) is 19.4. The molecule has 8 rings (SSSR count). The molecular formula is C43H42Cl6Zr-2. The van der Waals surface area contributed by atoms with E-state index >= 15 is 0 Å². The molecule has 0 heterocycles. The van der Waals surface area contributed by atoms with Gasteiger partial charge in [-0.25, -0.2) is 24.1 Å². The third-order valence-electron chi connectivity index (χ3n) is 10.2. The largest absolute Gasteiger partial charge is 1.00 e. The fourth-order valence-electron chi connectivity index (χ4n) is 7.89. The van der Waals surface area contributed by atoms with Gasteiger partial charge in [-0.05, 0) is 53.0 Å². The van der Waals surface area contributed by atoms with Gasteiger partial charge in [0.2, 0.25) is 0 Å². The zero-order valence-corrected chi connectivity index (χ0v) is 36.3. The Bertz CT molecular complexity index is 1970. The summed E-state index contributed by atoms with van der Waals surface area (Å²) in [4.78, 5) is -1.08. The normalized spacial score (nSPS) is 25.3. The standard InChI is InChI=1S/C25H27.C13H10Cl4.C5H5.2ClH.Zr/c1-14-7-8-17-20(14)22-18(23-21(17)15(2)12-25(23,5)6)11-16-9-10-24(3,4)13-19(16)22;14-10-1-5-12(16,6-2-10)9-13(17)7-3-11(15)4-8-13;1-2-4-5-3-1;;;/h7-10,12H,11,13H2,1-6H3;1-5,7H,6,8H2;1-5H;2*1H;/q-1;;-1;;;+2/p-2. The van der Waals surface area contributed by atoms with Crippen LogP contribution in [0.25, 0.3) is 22.8 Å². The van der Waals surface area contributed by atoms with E-state index in [9.17, 15) is 0 Å². The molecule has 2 aromatic carbocycles. The molecule has 262 valence electrons. The topological polar surface area (TPSA) is 0 Å². The van der Waals surface area contributed by atoms with Crippen molar-refractivity contribution in [2.75, 3.05) is 0 Å². The molecule has 2 atom stereocenters. The van der Waals surface area contributed by atoms with Crippen molar-refractivity contribution in [3.63, 3.8) is 0 Å². The van der Waals surface area contributed by atoms with Crippen LogP contribution in [-0.4, -0.2) is 13.0 Å². The van der Waals surface area contributed by atoms with Crippen LogP contribution >= 0.6 is 46.4 Å². The third kappa shape index (κ3) is 8.02. The van der Waals surface area contributed by atoms with Crippen molar-refractivity contribution < 1.29 is 49.0 Å². The second-order valence-corrected chi connectivity index (χ2v) is 18.4. The second kappa shape index (κ2) is 15.7. The van der Waals surface area contributed by atoms with E-state index in [0.29, 0.717) is 12.8 Å². The van der Waals surface area contributed by atoms with E-state index in [1.54, 1.807) is 27.8 Å². The van der Waals surface area contributed by atoms with Crippen LogP contribution in [0.5, 0.6) is 0 Å². The van der Waals surface area contributed by atoms with E-state index in [4.69, 9.17) is 46.4 Å². The molecule has 0 N–H and O–H groups in total. The number of rotatable bonds is 2. The summed E-state index contributed by atoms with van der Waals surface area (Å²) in [6.45, 7) is 14.1. The van der Waals surface area contributed by atoms with Gasteiger partial charge in [0.1, 0.15) is 0 Å². The molecule has 7 heteroatoms. The van der Waals surface area contributed by atoms with Gasteiger partial charge in [-0.2, -0.15) is 23.4 Å². The first kappa shape index (κ1) is 41.6. The molecular weight excluding hydrogens is 820 g/mol. The van der Waals surface area contributed by atoms with Crippen LogP contribution in [0.15, 0.2) is 101 Å². The van der Waals surface area contributed by atoms with Crippen molar-refractivity contribution in [3.8, 4) is 0 Å². The Morgan fingerprint density at radius 1 is 0.800 bits per heavy atom. The number of benzene rings is 1. The molecule has 0 radical (unpaired) electrons. The zero-order valence-electron chi connectivity index (χ0n) is 29.3. The summed E-state index contributed by atoms with van der Waals surface area (Å²) in [5, 5.41) is 4.45. The summed E-state index contributed by atoms with van der Waals surface area (Å²) in [6, 6.07) is 10.0. The molecule has 6 aliphatic carbocycles. The molecule has 0 aliphatic heterocycles. The number of allylic oxidation sites excluding steroid dienone is 14. The summed E-state index contributed by atoms with van der Waals surface area (Å²) in [5.41, 5.74) is 12.8. The average molecular weight is 863 g/mol. The van der Waals surface area contributed by atoms with Crippen LogP contribution in [0, 0.1) is 11.8 Å². The van der Waals surface area contributed by atoms with Gasteiger partial charge in [-0.15, -0.1) is 5.56 Å². The number of alkyl halides is 2. The SMILES string of the molecule is CC1=CC=c2c1c1c(c3c2=C(C)[CH-]C3(C)C)CC2=C1CC(C)(C)C=C2.ClC1=CCC(Cl)([C](=[Zr+2])C2(Cl)C=CC(Cl)=CC2)C=C1.[Cl-].[Cl-].c1cc[cH-]c1. The van der Waals surface area contributed by atoms with Crippen LogP contribution in [0.4, 0.5) is 0 Å². The van der Waals surface area contributed by atoms with Crippen LogP contribution < -0.4 is 35.3 Å². The summed E-state index contributed by atoms with van der Waals surface area (Å²) in [5.74, 6) is 0. The average Bonchev–Trinajstić information content (AvgIpc) is 3.83. The Labute approximate surface area is 346 Å². The van der Waals surface area contributed by atoms with Crippen molar-refractivity contribution in [1.29, 1.82) is 0 Å². The van der Waals surface area contributed by atoms with Crippen molar-refractivity contribution in [1.82, 2.24) is 0 Å². The van der Waals surface area contributed by atoms with Crippen LogP contribution in [0.1, 0.15) is 83.1 Å². The van der Waals surface area contributed by atoms with Crippen molar-refractivity contribution >= 4 is 72.4 Å². The molecule has 6 aliphatic rings. The van der Waals surface area contributed by atoms with E-state index in [1.165, 1.54) is 51.4 Å². The number of hydrogen-bond acceptors (Lipinski definition) is 0. The number of halogens is 6. The Hall–Kier alpha value is -1.15. The van der Waals surface area contributed by atoms with E-state index in [-0.39, 0.29) is 35.6 Å². The molecule has 0 saturated heterocycles. The minimum Gasteiger partial charge on any atom is -1.00 e. The maximum atomic E-state index is 6.67. The molecule has 0 bridgehead atoms. The molecule has 2 unspecified atom stereocenters. The molecule has 50 heavy (non-hydrogen) atoms. The van der Waals surface area contributed by atoms with Crippen molar-refractivity contribution in [3.05, 3.63) is 140 Å². The molecule has 0 saturated carbocycles.